The SMILES string of the molecule is O=S(=O)(O)OCCc1c(I)ccnc1F. The minimum atomic E-state index is -4.47. The molecule has 0 aliphatic carbocycles. The number of nitrogens with zero attached hydrogens (tertiary/aromatic N) is 1. The van der Waals surface area contributed by atoms with E-state index in [-0.39, 0.29) is 18.6 Å². The molecule has 84 valence electrons. The van der Waals surface area contributed by atoms with Gasteiger partial charge in [0, 0.05) is 21.8 Å². The molecule has 15 heavy (non-hydrogen) atoms. The summed E-state index contributed by atoms with van der Waals surface area (Å²) in [5, 5.41) is 0. The first kappa shape index (κ1) is 12.7. The first-order valence-corrected chi connectivity index (χ1v) is 6.25. The Hall–Kier alpha value is -0.320. The van der Waals surface area contributed by atoms with Crippen molar-refractivity contribution in [3.63, 3.8) is 0 Å². The van der Waals surface area contributed by atoms with Crippen LogP contribution in [0.3, 0.4) is 0 Å². The smallest absolute Gasteiger partial charge is 0.264 e. The maximum absolute atomic E-state index is 13.1. The van der Waals surface area contributed by atoms with E-state index in [1.54, 1.807) is 6.07 Å². The van der Waals surface area contributed by atoms with Gasteiger partial charge in [-0.15, -0.1) is 0 Å². The molecule has 0 unspecified atom stereocenters. The Morgan fingerprint density at radius 2 is 2.27 bits per heavy atom. The summed E-state index contributed by atoms with van der Waals surface area (Å²) >= 11 is 1.90. The normalized spacial score (nSPS) is 11.7. The van der Waals surface area contributed by atoms with Crippen molar-refractivity contribution >= 4 is 33.0 Å². The molecule has 1 N–H and O–H groups in total. The van der Waals surface area contributed by atoms with Crippen LogP contribution in [0.2, 0.25) is 0 Å². The lowest BCUT2D eigenvalue weighted by molar-refractivity contribution is 0.270. The van der Waals surface area contributed by atoms with Crippen molar-refractivity contribution in [2.75, 3.05) is 6.61 Å². The molecule has 0 radical (unpaired) electrons. The first-order valence-electron chi connectivity index (χ1n) is 3.81. The summed E-state index contributed by atoms with van der Waals surface area (Å²) in [4.78, 5) is 3.42. The average Bonchev–Trinajstić information content (AvgIpc) is 2.08. The topological polar surface area (TPSA) is 76.5 Å². The van der Waals surface area contributed by atoms with Gasteiger partial charge < -0.3 is 0 Å². The van der Waals surface area contributed by atoms with Gasteiger partial charge in [0.15, 0.2) is 0 Å². The van der Waals surface area contributed by atoms with Crippen LogP contribution in [-0.2, 0) is 21.0 Å². The molecule has 0 spiro atoms. The van der Waals surface area contributed by atoms with Crippen LogP contribution in [0.5, 0.6) is 0 Å². The zero-order chi connectivity index (χ0) is 11.5. The number of halogens is 2. The average molecular weight is 347 g/mol. The Kier molecular flexibility index (Phi) is 4.37. The van der Waals surface area contributed by atoms with Gasteiger partial charge in [0.2, 0.25) is 5.95 Å². The zero-order valence-corrected chi connectivity index (χ0v) is 10.3. The Labute approximate surface area is 99.8 Å². The Bertz CT molecular complexity index is 430. The molecule has 0 atom stereocenters. The third-order valence-corrected chi connectivity index (χ3v) is 3.01. The van der Waals surface area contributed by atoms with Gasteiger partial charge in [-0.05, 0) is 28.7 Å². The highest BCUT2D eigenvalue weighted by Crippen LogP contribution is 2.14. The Balaban J connectivity index is 2.66. The lowest BCUT2D eigenvalue weighted by Gasteiger charge is -2.04. The second kappa shape index (κ2) is 5.14. The molecule has 0 bridgehead atoms. The number of pyridine rings is 1. The van der Waals surface area contributed by atoms with E-state index >= 15 is 0 Å². The van der Waals surface area contributed by atoms with Crippen LogP contribution in [0.1, 0.15) is 5.56 Å². The second-order valence-corrected chi connectivity index (χ2v) is 4.82. The van der Waals surface area contributed by atoms with E-state index in [0.717, 1.165) is 0 Å². The Morgan fingerprint density at radius 1 is 1.60 bits per heavy atom. The first-order chi connectivity index (χ1) is 6.90. The third-order valence-electron chi connectivity index (χ3n) is 1.53. The lowest BCUT2D eigenvalue weighted by atomic mass is 10.2. The van der Waals surface area contributed by atoms with Gasteiger partial charge in [0.05, 0.1) is 6.61 Å². The molecule has 1 aromatic heterocycles. The van der Waals surface area contributed by atoms with Crippen molar-refractivity contribution in [1.82, 2.24) is 4.98 Å². The molecule has 1 aromatic rings. The minimum absolute atomic E-state index is 0.0255. The molecule has 1 rings (SSSR count). The molecule has 0 aliphatic rings. The van der Waals surface area contributed by atoms with Crippen LogP contribution in [0.4, 0.5) is 4.39 Å². The van der Waals surface area contributed by atoms with Gasteiger partial charge in [-0.25, -0.2) is 9.17 Å². The molecule has 8 heteroatoms. The van der Waals surface area contributed by atoms with Gasteiger partial charge in [0.25, 0.3) is 0 Å². The molecule has 0 saturated heterocycles. The van der Waals surface area contributed by atoms with Crippen LogP contribution in [0.15, 0.2) is 12.3 Å². The predicted molar refractivity (Wildman–Crippen MR) is 58.1 cm³/mol. The quantitative estimate of drug-likeness (QED) is 0.503. The van der Waals surface area contributed by atoms with Crippen molar-refractivity contribution in [2.45, 2.75) is 6.42 Å². The van der Waals surface area contributed by atoms with Gasteiger partial charge in [-0.1, -0.05) is 0 Å². The van der Waals surface area contributed by atoms with Crippen LogP contribution in [-0.4, -0.2) is 24.6 Å². The molecular weight excluding hydrogens is 340 g/mol. The van der Waals surface area contributed by atoms with Crippen molar-refractivity contribution in [3.8, 4) is 0 Å². The highest BCUT2D eigenvalue weighted by Gasteiger charge is 2.10. The summed E-state index contributed by atoms with van der Waals surface area (Å²) in [5.41, 5.74) is 0.266. The van der Waals surface area contributed by atoms with E-state index < -0.39 is 16.3 Å². The molecule has 0 aromatic carbocycles. The summed E-state index contributed by atoms with van der Waals surface area (Å²) < 4.78 is 46.5. The Morgan fingerprint density at radius 3 is 2.80 bits per heavy atom. The summed E-state index contributed by atoms with van der Waals surface area (Å²) in [7, 11) is -4.47. The fourth-order valence-corrected chi connectivity index (χ4v) is 1.86. The van der Waals surface area contributed by atoms with Crippen molar-refractivity contribution in [3.05, 3.63) is 27.3 Å². The monoisotopic (exact) mass is 347 g/mol. The predicted octanol–water partition coefficient (Wildman–Crippen LogP) is 1.19. The highest BCUT2D eigenvalue weighted by molar-refractivity contribution is 14.1. The van der Waals surface area contributed by atoms with Crippen LogP contribution in [0.25, 0.3) is 0 Å². The van der Waals surface area contributed by atoms with E-state index in [9.17, 15) is 12.8 Å². The largest absolute Gasteiger partial charge is 0.397 e. The third kappa shape index (κ3) is 4.36. The van der Waals surface area contributed by atoms with Crippen LogP contribution < -0.4 is 0 Å². The fourth-order valence-electron chi connectivity index (χ4n) is 0.917. The summed E-state index contributed by atoms with van der Waals surface area (Å²) in [6.07, 6.45) is 1.34. The molecule has 0 saturated carbocycles. The summed E-state index contributed by atoms with van der Waals surface area (Å²) in [5.74, 6) is -0.666. The summed E-state index contributed by atoms with van der Waals surface area (Å²) in [6, 6.07) is 1.59. The van der Waals surface area contributed by atoms with Crippen LogP contribution in [0, 0.1) is 9.52 Å². The number of aromatic nitrogens is 1. The molecule has 1 heterocycles. The molecule has 0 amide bonds. The maximum Gasteiger partial charge on any atom is 0.397 e. The second-order valence-electron chi connectivity index (χ2n) is 2.56. The van der Waals surface area contributed by atoms with Crippen molar-refractivity contribution in [2.24, 2.45) is 0 Å². The van der Waals surface area contributed by atoms with Gasteiger partial charge in [0.1, 0.15) is 0 Å². The molecule has 0 fully saturated rings. The molecule has 0 aliphatic heterocycles. The number of hydrogen-bond acceptors (Lipinski definition) is 4. The van der Waals surface area contributed by atoms with Gasteiger partial charge in [-0.2, -0.15) is 12.8 Å². The standard InChI is InChI=1S/C7H7FINO4S/c8-7-5(6(9)1-3-10-7)2-4-14-15(11,12)13/h1,3H,2,4H2,(H,11,12,13). The minimum Gasteiger partial charge on any atom is -0.264 e. The fraction of sp³-hybridized carbons (Fsp3) is 0.286. The molecular formula is C7H7FINO4S. The van der Waals surface area contributed by atoms with E-state index in [1.165, 1.54) is 6.20 Å². The lowest BCUT2D eigenvalue weighted by Crippen LogP contribution is -2.09. The van der Waals surface area contributed by atoms with Gasteiger partial charge in [-0.3, -0.25) is 4.55 Å². The number of rotatable bonds is 4. The van der Waals surface area contributed by atoms with Crippen LogP contribution >= 0.6 is 22.6 Å². The van der Waals surface area contributed by atoms with E-state index in [0.29, 0.717) is 3.57 Å². The number of hydrogen-bond donors (Lipinski definition) is 1. The van der Waals surface area contributed by atoms with Gasteiger partial charge >= 0.3 is 10.4 Å². The highest BCUT2D eigenvalue weighted by atomic mass is 127. The van der Waals surface area contributed by atoms with E-state index in [2.05, 4.69) is 9.17 Å². The van der Waals surface area contributed by atoms with Crippen molar-refractivity contribution < 1.29 is 21.5 Å². The molecule has 5 nitrogen and oxygen atoms in total. The van der Waals surface area contributed by atoms with E-state index in [4.69, 9.17) is 4.55 Å². The van der Waals surface area contributed by atoms with E-state index in [1.807, 2.05) is 22.6 Å². The zero-order valence-electron chi connectivity index (χ0n) is 7.35. The van der Waals surface area contributed by atoms with Crippen molar-refractivity contribution in [1.29, 1.82) is 0 Å². The maximum atomic E-state index is 13.1. The summed E-state index contributed by atoms with van der Waals surface area (Å²) in [6.45, 7) is -0.322.